The molecule has 0 aliphatic rings. The molecule has 0 heterocycles. The zero-order valence-electron chi connectivity index (χ0n) is 14.6. The van der Waals surface area contributed by atoms with E-state index < -0.39 is 36.9 Å². The Morgan fingerprint density at radius 2 is 1.52 bits per heavy atom. The third-order valence-corrected chi connectivity index (χ3v) is 6.46. The van der Waals surface area contributed by atoms with Crippen LogP contribution in [0.1, 0.15) is 15.9 Å². The van der Waals surface area contributed by atoms with E-state index in [1.807, 2.05) is 10.9 Å². The van der Waals surface area contributed by atoms with Gasteiger partial charge in [-0.05, 0) is 31.2 Å². The predicted molar refractivity (Wildman–Crippen MR) is 105 cm³/mol. The van der Waals surface area contributed by atoms with E-state index in [9.17, 15) is 26.4 Å². The van der Waals surface area contributed by atoms with Crippen LogP contribution in [0.15, 0.2) is 46.2 Å². The molecule has 0 aliphatic heterocycles. The summed E-state index contributed by atoms with van der Waals surface area (Å²) in [6.45, 7) is 1.76. The highest BCUT2D eigenvalue weighted by atomic mass is 35.5. The number of rotatable bonds is 4. The maximum absolute atomic E-state index is 12.2. The summed E-state index contributed by atoms with van der Waals surface area (Å²) >= 11 is 11.6. The van der Waals surface area contributed by atoms with E-state index in [1.165, 1.54) is 12.1 Å². The molecule has 0 radical (unpaired) electrons. The van der Waals surface area contributed by atoms with Crippen molar-refractivity contribution in [1.82, 2.24) is 15.6 Å². The lowest BCUT2D eigenvalue weighted by Gasteiger charge is -2.12. The van der Waals surface area contributed by atoms with Gasteiger partial charge < -0.3 is 0 Å². The van der Waals surface area contributed by atoms with Crippen molar-refractivity contribution in [2.24, 2.45) is 5.14 Å². The van der Waals surface area contributed by atoms with Crippen molar-refractivity contribution >= 4 is 55.2 Å². The Hall–Kier alpha value is -2.38. The molecular formula is C15H14Cl2N4O6S2. The van der Waals surface area contributed by atoms with Crippen molar-refractivity contribution in [1.29, 1.82) is 0 Å². The molecule has 156 valence electrons. The fourth-order valence-corrected chi connectivity index (χ4v) is 4.34. The lowest BCUT2D eigenvalue weighted by molar-refractivity contribution is 0.0936. The summed E-state index contributed by atoms with van der Waals surface area (Å²) in [5.74, 6) is -1.04. The van der Waals surface area contributed by atoms with Crippen LogP contribution < -0.4 is 20.7 Å². The first-order chi connectivity index (χ1) is 13.3. The van der Waals surface area contributed by atoms with Crippen LogP contribution in [0.4, 0.5) is 4.79 Å². The van der Waals surface area contributed by atoms with Crippen molar-refractivity contribution in [2.75, 3.05) is 0 Å². The first kappa shape index (κ1) is 22.9. The molecule has 0 fully saturated rings. The second kappa shape index (κ2) is 8.55. The number of sulfonamides is 2. The second-order valence-electron chi connectivity index (χ2n) is 5.63. The number of urea groups is 1. The molecule has 2 rings (SSSR count). The van der Waals surface area contributed by atoms with Gasteiger partial charge in [0, 0.05) is 0 Å². The van der Waals surface area contributed by atoms with Gasteiger partial charge in [-0.2, -0.15) is 0 Å². The number of amides is 3. The minimum absolute atomic E-state index is 0.164. The number of nitrogens with one attached hydrogen (secondary N) is 3. The van der Waals surface area contributed by atoms with Gasteiger partial charge in [-0.15, -0.1) is 0 Å². The molecule has 2 aromatic rings. The van der Waals surface area contributed by atoms with E-state index in [-0.39, 0.29) is 20.5 Å². The molecule has 0 aromatic heterocycles. The van der Waals surface area contributed by atoms with Gasteiger partial charge in [0.2, 0.25) is 10.0 Å². The lowest BCUT2D eigenvalue weighted by atomic mass is 10.2. The molecular weight excluding hydrogens is 467 g/mol. The van der Waals surface area contributed by atoms with Crippen LogP contribution in [-0.2, 0) is 20.0 Å². The van der Waals surface area contributed by atoms with E-state index in [1.54, 1.807) is 23.8 Å². The molecule has 2 aromatic carbocycles. The van der Waals surface area contributed by atoms with Crippen LogP contribution in [0.2, 0.25) is 10.0 Å². The smallest absolute Gasteiger partial charge is 0.267 e. The van der Waals surface area contributed by atoms with Gasteiger partial charge in [-0.1, -0.05) is 40.9 Å². The summed E-state index contributed by atoms with van der Waals surface area (Å²) in [6, 6.07) is 6.21. The molecule has 0 spiro atoms. The maximum Gasteiger partial charge on any atom is 0.347 e. The minimum Gasteiger partial charge on any atom is -0.267 e. The number of carbonyl (C=O) groups is 2. The molecule has 0 saturated heterocycles. The molecule has 10 nitrogen and oxygen atoms in total. The maximum atomic E-state index is 12.2. The van der Waals surface area contributed by atoms with Gasteiger partial charge in [0.05, 0.1) is 20.5 Å². The van der Waals surface area contributed by atoms with Crippen molar-refractivity contribution in [3.05, 3.63) is 57.6 Å². The number of carbonyl (C=O) groups excluding carboxylic acids is 2. The summed E-state index contributed by atoms with van der Waals surface area (Å²) in [6.07, 6.45) is 0. The Bertz CT molecular complexity index is 1180. The van der Waals surface area contributed by atoms with E-state index in [2.05, 4.69) is 0 Å². The molecule has 0 saturated carbocycles. The number of nitrogens with two attached hydrogens (primary N) is 1. The SMILES string of the molecule is Cc1ccc(S(=O)(=O)NC(=O)NNC(=O)c2cc(S(N)(=O)=O)c(Cl)cc2Cl)cc1. The topological polar surface area (TPSA) is 165 Å². The number of primary sulfonamides is 1. The predicted octanol–water partition coefficient (Wildman–Crippen LogP) is 1.28. The molecule has 3 amide bonds. The fraction of sp³-hybridized carbons (Fsp3) is 0.0667. The van der Waals surface area contributed by atoms with Crippen molar-refractivity contribution in [3.63, 3.8) is 0 Å². The standard InChI is InChI=1S/C15H14Cl2N4O6S2/c1-8-2-4-9(5-3-8)29(26,27)21-15(23)20-19-14(22)10-6-13(28(18,24)25)12(17)7-11(10)16/h2-7H,1H3,(H,19,22)(H2,18,24,25)(H2,20,21,23). The molecule has 5 N–H and O–H groups in total. The lowest BCUT2D eigenvalue weighted by Crippen LogP contribution is -2.48. The van der Waals surface area contributed by atoms with Crippen molar-refractivity contribution in [2.45, 2.75) is 16.7 Å². The summed E-state index contributed by atoms with van der Waals surface area (Å²) in [5, 5.41) is 4.47. The third-order valence-electron chi connectivity index (χ3n) is 3.42. The summed E-state index contributed by atoms with van der Waals surface area (Å²) in [5.41, 5.74) is 4.15. The van der Waals surface area contributed by atoms with Crippen LogP contribution in [0.3, 0.4) is 0 Å². The number of hydrogen-bond acceptors (Lipinski definition) is 6. The van der Waals surface area contributed by atoms with Crippen LogP contribution in [0.25, 0.3) is 0 Å². The molecule has 29 heavy (non-hydrogen) atoms. The van der Waals surface area contributed by atoms with Gasteiger partial charge >= 0.3 is 6.03 Å². The number of hydrazine groups is 1. The number of aryl methyl sites for hydroxylation is 1. The normalized spacial score (nSPS) is 11.6. The van der Waals surface area contributed by atoms with Crippen LogP contribution in [-0.4, -0.2) is 28.8 Å². The van der Waals surface area contributed by atoms with Gasteiger partial charge in [0.25, 0.3) is 15.9 Å². The Kier molecular flexibility index (Phi) is 6.75. The molecule has 0 aliphatic carbocycles. The summed E-state index contributed by atoms with van der Waals surface area (Å²) < 4.78 is 48.9. The van der Waals surface area contributed by atoms with Gasteiger partial charge in [-0.25, -0.2) is 36.9 Å². The monoisotopic (exact) mass is 480 g/mol. The molecule has 0 bridgehead atoms. The second-order valence-corrected chi connectivity index (χ2v) is 9.66. The highest BCUT2D eigenvalue weighted by molar-refractivity contribution is 7.90. The first-order valence-electron chi connectivity index (χ1n) is 7.53. The molecule has 0 unspecified atom stereocenters. The summed E-state index contributed by atoms with van der Waals surface area (Å²) in [7, 11) is -8.43. The highest BCUT2D eigenvalue weighted by Crippen LogP contribution is 2.27. The zero-order chi connectivity index (χ0) is 22.0. The molecule has 0 atom stereocenters. The average Bonchev–Trinajstić information content (AvgIpc) is 2.58. The largest absolute Gasteiger partial charge is 0.347 e. The molecule has 14 heteroatoms. The minimum atomic E-state index is -4.24. The Labute approximate surface area is 176 Å². The summed E-state index contributed by atoms with van der Waals surface area (Å²) in [4.78, 5) is 23.3. The average molecular weight is 481 g/mol. The number of halogens is 2. The quantitative estimate of drug-likeness (QED) is 0.481. The Morgan fingerprint density at radius 3 is 2.07 bits per heavy atom. The highest BCUT2D eigenvalue weighted by Gasteiger charge is 2.21. The Morgan fingerprint density at radius 1 is 0.931 bits per heavy atom. The zero-order valence-corrected chi connectivity index (χ0v) is 17.7. The van der Waals surface area contributed by atoms with Gasteiger partial charge in [0.15, 0.2) is 0 Å². The number of benzene rings is 2. The fourth-order valence-electron chi connectivity index (χ4n) is 2.03. The van der Waals surface area contributed by atoms with E-state index >= 15 is 0 Å². The van der Waals surface area contributed by atoms with Crippen molar-refractivity contribution in [3.8, 4) is 0 Å². The van der Waals surface area contributed by atoms with Crippen LogP contribution in [0.5, 0.6) is 0 Å². The van der Waals surface area contributed by atoms with Crippen LogP contribution in [0, 0.1) is 6.92 Å². The van der Waals surface area contributed by atoms with Gasteiger partial charge in [-0.3, -0.25) is 10.2 Å². The van der Waals surface area contributed by atoms with Gasteiger partial charge in [0.1, 0.15) is 4.90 Å². The number of hydrogen-bond donors (Lipinski definition) is 4. The first-order valence-corrected chi connectivity index (χ1v) is 11.3. The van der Waals surface area contributed by atoms with Crippen LogP contribution >= 0.6 is 23.2 Å². The Balaban J connectivity index is 2.11. The third kappa shape index (κ3) is 5.81. The van der Waals surface area contributed by atoms with E-state index in [0.29, 0.717) is 0 Å². The van der Waals surface area contributed by atoms with E-state index in [4.69, 9.17) is 28.3 Å². The van der Waals surface area contributed by atoms with E-state index in [0.717, 1.165) is 17.7 Å². The van der Waals surface area contributed by atoms with Crippen molar-refractivity contribution < 1.29 is 26.4 Å².